The minimum Gasteiger partial charge on any atom is -0.370 e. The third kappa shape index (κ3) is 5.16. The number of halogens is 1. The van der Waals surface area contributed by atoms with Crippen LogP contribution in [0.2, 0.25) is 0 Å². The van der Waals surface area contributed by atoms with E-state index in [2.05, 4.69) is 5.32 Å². The molecule has 0 bridgehead atoms. The number of nitrogens with two attached hydrogens (primary N) is 2. The maximum Gasteiger partial charge on any atom is 0.237 e. The van der Waals surface area contributed by atoms with Crippen LogP contribution in [-0.2, 0) is 9.59 Å². The van der Waals surface area contributed by atoms with Crippen molar-refractivity contribution in [2.75, 3.05) is 0 Å². The van der Waals surface area contributed by atoms with Gasteiger partial charge in [-0.15, -0.1) is 12.4 Å². The van der Waals surface area contributed by atoms with Crippen LogP contribution in [0.15, 0.2) is 30.3 Å². The molecule has 1 unspecified atom stereocenters. The molecule has 18 heavy (non-hydrogen) atoms. The van der Waals surface area contributed by atoms with Crippen LogP contribution in [0.5, 0.6) is 0 Å². The molecule has 0 aliphatic heterocycles. The van der Waals surface area contributed by atoms with Gasteiger partial charge in [0.2, 0.25) is 11.8 Å². The molecule has 0 aliphatic carbocycles. The van der Waals surface area contributed by atoms with Crippen molar-refractivity contribution in [2.45, 2.75) is 25.4 Å². The van der Waals surface area contributed by atoms with Crippen molar-refractivity contribution >= 4 is 24.2 Å². The fourth-order valence-corrected chi connectivity index (χ4v) is 1.45. The zero-order valence-electron chi connectivity index (χ0n) is 10.1. The molecule has 0 radical (unpaired) electrons. The largest absolute Gasteiger partial charge is 0.370 e. The Labute approximate surface area is 112 Å². The smallest absolute Gasteiger partial charge is 0.237 e. The molecule has 2 amide bonds. The Balaban J connectivity index is 0.00000289. The van der Waals surface area contributed by atoms with E-state index in [9.17, 15) is 9.59 Å². The molecule has 1 aromatic rings. The summed E-state index contributed by atoms with van der Waals surface area (Å²) < 4.78 is 0. The number of amides is 2. The molecule has 6 heteroatoms. The van der Waals surface area contributed by atoms with E-state index in [1.807, 2.05) is 37.3 Å². The van der Waals surface area contributed by atoms with Crippen LogP contribution >= 0.6 is 12.4 Å². The minimum absolute atomic E-state index is 0. The first-order valence-electron chi connectivity index (χ1n) is 5.40. The Morgan fingerprint density at radius 3 is 2.33 bits per heavy atom. The zero-order valence-corrected chi connectivity index (χ0v) is 10.9. The summed E-state index contributed by atoms with van der Waals surface area (Å²) in [5, 5.41) is 2.73. The normalized spacial score (nSPS) is 13.0. The summed E-state index contributed by atoms with van der Waals surface area (Å²) in [5.41, 5.74) is 11.5. The second kappa shape index (κ2) is 7.68. The molecule has 0 heterocycles. The van der Waals surface area contributed by atoms with Crippen molar-refractivity contribution in [3.05, 3.63) is 35.9 Å². The SMILES string of the molecule is C[C@@H](NC(=O)C(N)CC(N)=O)c1ccccc1.Cl. The average molecular weight is 272 g/mol. The molecule has 0 aliphatic rings. The van der Waals surface area contributed by atoms with E-state index in [1.54, 1.807) is 0 Å². The standard InChI is InChI=1S/C12H17N3O2.ClH/c1-8(9-5-3-2-4-6-9)15-12(17)10(13)7-11(14)16;/h2-6,8,10H,7,13H2,1H3,(H2,14,16)(H,15,17);1H/t8-,10?;/m1./s1. The Hall–Kier alpha value is -1.59. The van der Waals surface area contributed by atoms with E-state index in [0.29, 0.717) is 0 Å². The fraction of sp³-hybridized carbons (Fsp3) is 0.333. The molecular formula is C12H18ClN3O2. The third-order valence-corrected chi connectivity index (χ3v) is 2.42. The molecule has 0 aromatic heterocycles. The summed E-state index contributed by atoms with van der Waals surface area (Å²) in [4.78, 5) is 22.3. The van der Waals surface area contributed by atoms with Gasteiger partial charge in [0.05, 0.1) is 18.5 Å². The number of hydrogen-bond acceptors (Lipinski definition) is 3. The number of nitrogens with one attached hydrogen (secondary N) is 1. The van der Waals surface area contributed by atoms with Crippen LogP contribution in [0.1, 0.15) is 24.9 Å². The van der Waals surface area contributed by atoms with Crippen LogP contribution < -0.4 is 16.8 Å². The molecule has 5 nitrogen and oxygen atoms in total. The van der Waals surface area contributed by atoms with Gasteiger partial charge in [-0.25, -0.2) is 0 Å². The van der Waals surface area contributed by atoms with Crippen molar-refractivity contribution in [3.63, 3.8) is 0 Å². The highest BCUT2D eigenvalue weighted by Crippen LogP contribution is 2.11. The molecule has 2 atom stereocenters. The van der Waals surface area contributed by atoms with Crippen molar-refractivity contribution in [1.29, 1.82) is 0 Å². The minimum atomic E-state index is -0.890. The van der Waals surface area contributed by atoms with Crippen LogP contribution in [0.3, 0.4) is 0 Å². The lowest BCUT2D eigenvalue weighted by atomic mass is 10.1. The van der Waals surface area contributed by atoms with Crippen LogP contribution in [-0.4, -0.2) is 17.9 Å². The van der Waals surface area contributed by atoms with E-state index in [4.69, 9.17) is 11.5 Å². The second-order valence-corrected chi connectivity index (χ2v) is 3.92. The van der Waals surface area contributed by atoms with Gasteiger partial charge < -0.3 is 16.8 Å². The van der Waals surface area contributed by atoms with Gasteiger partial charge in [-0.3, -0.25) is 9.59 Å². The topological polar surface area (TPSA) is 98.2 Å². The Morgan fingerprint density at radius 1 is 1.28 bits per heavy atom. The first kappa shape index (κ1) is 16.4. The lowest BCUT2D eigenvalue weighted by Crippen LogP contribution is -2.43. The maximum absolute atomic E-state index is 11.6. The van der Waals surface area contributed by atoms with Gasteiger partial charge in [0.1, 0.15) is 0 Å². The van der Waals surface area contributed by atoms with Gasteiger partial charge in [-0.2, -0.15) is 0 Å². The van der Waals surface area contributed by atoms with Gasteiger partial charge >= 0.3 is 0 Å². The zero-order chi connectivity index (χ0) is 12.8. The molecule has 5 N–H and O–H groups in total. The summed E-state index contributed by atoms with van der Waals surface area (Å²) in [5.74, 6) is -0.958. The monoisotopic (exact) mass is 271 g/mol. The predicted octanol–water partition coefficient (Wildman–Crippen LogP) is 0.488. The number of primary amides is 1. The van der Waals surface area contributed by atoms with E-state index in [0.717, 1.165) is 5.56 Å². The number of carbonyl (C=O) groups is 2. The summed E-state index contributed by atoms with van der Waals surface area (Å²) in [6.07, 6.45) is -0.145. The molecule has 100 valence electrons. The van der Waals surface area contributed by atoms with E-state index in [1.165, 1.54) is 0 Å². The molecule has 0 spiro atoms. The first-order valence-corrected chi connectivity index (χ1v) is 5.40. The lowest BCUT2D eigenvalue weighted by Gasteiger charge is -2.17. The van der Waals surface area contributed by atoms with Crippen molar-refractivity contribution in [1.82, 2.24) is 5.32 Å². The number of benzene rings is 1. The Bertz CT molecular complexity index is 398. The maximum atomic E-state index is 11.6. The average Bonchev–Trinajstić information content (AvgIpc) is 2.29. The quantitative estimate of drug-likeness (QED) is 0.727. The van der Waals surface area contributed by atoms with E-state index in [-0.39, 0.29) is 30.8 Å². The summed E-state index contributed by atoms with van der Waals surface area (Å²) in [6.45, 7) is 1.85. The summed E-state index contributed by atoms with van der Waals surface area (Å²) >= 11 is 0. The van der Waals surface area contributed by atoms with Gasteiger partial charge in [-0.1, -0.05) is 30.3 Å². The highest BCUT2D eigenvalue weighted by atomic mass is 35.5. The third-order valence-electron chi connectivity index (χ3n) is 2.42. The Kier molecular flexibility index (Phi) is 7.00. The summed E-state index contributed by atoms with van der Waals surface area (Å²) in [6, 6.07) is 8.45. The van der Waals surface area contributed by atoms with E-state index < -0.39 is 11.9 Å². The molecule has 0 saturated carbocycles. The number of carbonyl (C=O) groups excluding carboxylic acids is 2. The lowest BCUT2D eigenvalue weighted by molar-refractivity contribution is -0.126. The molecule has 0 saturated heterocycles. The fourth-order valence-electron chi connectivity index (χ4n) is 1.45. The van der Waals surface area contributed by atoms with Crippen molar-refractivity contribution in [3.8, 4) is 0 Å². The first-order chi connectivity index (χ1) is 8.00. The highest BCUT2D eigenvalue weighted by molar-refractivity contribution is 5.87. The van der Waals surface area contributed by atoms with E-state index >= 15 is 0 Å². The van der Waals surface area contributed by atoms with Gasteiger partial charge in [0.15, 0.2) is 0 Å². The molecule has 1 rings (SSSR count). The van der Waals surface area contributed by atoms with Crippen molar-refractivity contribution < 1.29 is 9.59 Å². The van der Waals surface area contributed by atoms with Crippen LogP contribution in [0.4, 0.5) is 0 Å². The molecule has 0 fully saturated rings. The van der Waals surface area contributed by atoms with Crippen LogP contribution in [0, 0.1) is 0 Å². The highest BCUT2D eigenvalue weighted by Gasteiger charge is 2.18. The molecule has 1 aromatic carbocycles. The summed E-state index contributed by atoms with van der Waals surface area (Å²) in [7, 11) is 0. The predicted molar refractivity (Wildman–Crippen MR) is 72.0 cm³/mol. The molecular weight excluding hydrogens is 254 g/mol. The van der Waals surface area contributed by atoms with Gasteiger partial charge in [0, 0.05) is 0 Å². The number of hydrogen-bond donors (Lipinski definition) is 3. The van der Waals surface area contributed by atoms with Gasteiger partial charge in [0.25, 0.3) is 0 Å². The number of rotatable bonds is 5. The van der Waals surface area contributed by atoms with Gasteiger partial charge in [-0.05, 0) is 12.5 Å². The van der Waals surface area contributed by atoms with Crippen molar-refractivity contribution in [2.24, 2.45) is 11.5 Å². The van der Waals surface area contributed by atoms with Crippen LogP contribution in [0.25, 0.3) is 0 Å². The Morgan fingerprint density at radius 2 is 1.83 bits per heavy atom. The second-order valence-electron chi connectivity index (χ2n) is 3.92.